The number of ether oxygens (including phenoxy) is 1. The topological polar surface area (TPSA) is 55.4 Å². The highest BCUT2D eigenvalue weighted by molar-refractivity contribution is 6.17. The molecule has 3 rings (SSSR count). The Balaban J connectivity index is 1.47. The van der Waals surface area contributed by atoms with E-state index < -0.39 is 5.97 Å². The van der Waals surface area contributed by atoms with Crippen molar-refractivity contribution in [1.82, 2.24) is 0 Å². The van der Waals surface area contributed by atoms with E-state index in [1.165, 1.54) is 64.2 Å². The second-order valence-electron chi connectivity index (χ2n) is 9.55. The zero-order valence-corrected chi connectivity index (χ0v) is 21.8. The summed E-state index contributed by atoms with van der Waals surface area (Å²) in [6.45, 7) is 2.63. The fourth-order valence-corrected chi connectivity index (χ4v) is 4.58. The number of nitrogens with one attached hydrogen (secondary N) is 1. The lowest BCUT2D eigenvalue weighted by molar-refractivity contribution is 0.0497. The van der Waals surface area contributed by atoms with Gasteiger partial charge in [0.15, 0.2) is 0 Å². The van der Waals surface area contributed by atoms with E-state index in [4.69, 9.17) is 4.74 Å². The maximum absolute atomic E-state index is 13.1. The van der Waals surface area contributed by atoms with E-state index in [0.717, 1.165) is 23.6 Å². The van der Waals surface area contributed by atoms with Crippen LogP contribution in [0.2, 0.25) is 0 Å². The Labute approximate surface area is 216 Å². The first kappa shape index (κ1) is 27.4. The molecule has 4 heteroatoms. The standard InChI is InChI=1S/C32H41NO3/c1-2-3-4-5-6-7-8-9-10-11-12-18-25-36-32(35)30-28-22-17-16-19-26(28)23-24-29(30)31(34)33-27-20-14-13-15-21-27/h13-17,19-24H,2-12,18,25H2,1H3,(H,33,34). The van der Waals surface area contributed by atoms with Gasteiger partial charge in [-0.1, -0.05) is 126 Å². The summed E-state index contributed by atoms with van der Waals surface area (Å²) in [7, 11) is 0. The first-order chi connectivity index (χ1) is 17.7. The molecule has 3 aromatic rings. The third kappa shape index (κ3) is 8.82. The zero-order chi connectivity index (χ0) is 25.4. The lowest BCUT2D eigenvalue weighted by Crippen LogP contribution is -2.18. The van der Waals surface area contributed by atoms with Gasteiger partial charge in [0.25, 0.3) is 5.91 Å². The van der Waals surface area contributed by atoms with Crippen LogP contribution < -0.4 is 5.32 Å². The van der Waals surface area contributed by atoms with Gasteiger partial charge in [0, 0.05) is 5.69 Å². The molecule has 1 N–H and O–H groups in total. The second-order valence-corrected chi connectivity index (χ2v) is 9.55. The number of para-hydroxylation sites is 1. The highest BCUT2D eigenvalue weighted by atomic mass is 16.5. The second kappa shape index (κ2) is 15.8. The van der Waals surface area contributed by atoms with Gasteiger partial charge in [-0.15, -0.1) is 0 Å². The van der Waals surface area contributed by atoms with E-state index in [-0.39, 0.29) is 5.91 Å². The summed E-state index contributed by atoms with van der Waals surface area (Å²) in [6.07, 6.45) is 15.1. The number of rotatable bonds is 16. The van der Waals surface area contributed by atoms with Crippen LogP contribution >= 0.6 is 0 Å². The van der Waals surface area contributed by atoms with Crippen molar-refractivity contribution in [2.45, 2.75) is 84.0 Å². The van der Waals surface area contributed by atoms with Crippen LogP contribution in [-0.2, 0) is 4.74 Å². The Morgan fingerprint density at radius 1 is 0.667 bits per heavy atom. The molecule has 3 aromatic carbocycles. The highest BCUT2D eigenvalue weighted by Gasteiger charge is 2.21. The Bertz CT molecular complexity index is 1080. The largest absolute Gasteiger partial charge is 0.462 e. The summed E-state index contributed by atoms with van der Waals surface area (Å²) in [4.78, 5) is 26.2. The smallest absolute Gasteiger partial charge is 0.339 e. The number of benzene rings is 3. The van der Waals surface area contributed by atoms with Gasteiger partial charge >= 0.3 is 5.97 Å². The number of hydrogen-bond donors (Lipinski definition) is 1. The SMILES string of the molecule is CCCCCCCCCCCCCCOC(=O)c1c(C(=O)Nc2ccccc2)ccc2ccccc12. The number of anilines is 1. The number of esters is 1. The first-order valence-corrected chi connectivity index (χ1v) is 13.8. The number of carbonyl (C=O) groups is 2. The minimum atomic E-state index is -0.437. The van der Waals surface area contributed by atoms with E-state index in [2.05, 4.69) is 12.2 Å². The van der Waals surface area contributed by atoms with Crippen LogP contribution in [0.15, 0.2) is 66.7 Å². The number of amides is 1. The predicted octanol–water partition coefficient (Wildman–Crippen LogP) is 8.95. The summed E-state index contributed by atoms with van der Waals surface area (Å²) in [5.41, 5.74) is 1.35. The van der Waals surface area contributed by atoms with Gasteiger partial charge in [-0.25, -0.2) is 4.79 Å². The number of fused-ring (bicyclic) bond motifs is 1. The normalized spacial score (nSPS) is 10.9. The maximum atomic E-state index is 13.1. The van der Waals surface area contributed by atoms with Crippen LogP contribution in [0.4, 0.5) is 5.69 Å². The molecule has 0 aliphatic heterocycles. The van der Waals surface area contributed by atoms with Crippen molar-refractivity contribution in [3.63, 3.8) is 0 Å². The molecular weight excluding hydrogens is 446 g/mol. The van der Waals surface area contributed by atoms with Gasteiger partial charge < -0.3 is 10.1 Å². The molecule has 0 bridgehead atoms. The summed E-state index contributed by atoms with van der Waals surface area (Å²) < 4.78 is 5.65. The third-order valence-electron chi connectivity index (χ3n) is 6.64. The molecule has 0 atom stereocenters. The van der Waals surface area contributed by atoms with Crippen molar-refractivity contribution < 1.29 is 14.3 Å². The van der Waals surface area contributed by atoms with Gasteiger partial charge in [-0.2, -0.15) is 0 Å². The lowest BCUT2D eigenvalue weighted by atomic mass is 9.98. The zero-order valence-electron chi connectivity index (χ0n) is 21.8. The van der Waals surface area contributed by atoms with Crippen LogP contribution in [0.1, 0.15) is 105 Å². The molecule has 192 valence electrons. The molecular formula is C32H41NO3. The molecule has 0 heterocycles. The van der Waals surface area contributed by atoms with Crippen LogP contribution in [0.25, 0.3) is 10.8 Å². The van der Waals surface area contributed by atoms with Gasteiger partial charge in [0.2, 0.25) is 0 Å². The van der Waals surface area contributed by atoms with E-state index in [1.54, 1.807) is 6.07 Å². The lowest BCUT2D eigenvalue weighted by Gasteiger charge is -2.13. The Kier molecular flexibility index (Phi) is 12.0. The van der Waals surface area contributed by atoms with Crippen LogP contribution in [0.5, 0.6) is 0 Å². The molecule has 0 aliphatic carbocycles. The first-order valence-electron chi connectivity index (χ1n) is 13.8. The van der Waals surface area contributed by atoms with Crippen molar-refractivity contribution in [2.75, 3.05) is 11.9 Å². The van der Waals surface area contributed by atoms with Gasteiger partial charge in [0.1, 0.15) is 0 Å². The molecule has 0 spiro atoms. The van der Waals surface area contributed by atoms with Crippen molar-refractivity contribution in [3.05, 3.63) is 77.9 Å². The Morgan fingerprint density at radius 2 is 1.25 bits per heavy atom. The fourth-order valence-electron chi connectivity index (χ4n) is 4.58. The number of unbranched alkanes of at least 4 members (excludes halogenated alkanes) is 11. The number of hydrogen-bond acceptors (Lipinski definition) is 3. The molecule has 1 amide bonds. The molecule has 0 aromatic heterocycles. The Hall–Kier alpha value is -3.14. The molecule has 4 nitrogen and oxygen atoms in total. The van der Waals surface area contributed by atoms with E-state index in [1.807, 2.05) is 60.7 Å². The van der Waals surface area contributed by atoms with Crippen LogP contribution in [0, 0.1) is 0 Å². The van der Waals surface area contributed by atoms with Gasteiger partial charge in [0.05, 0.1) is 17.7 Å². The quantitative estimate of drug-likeness (QED) is 0.162. The molecule has 0 fully saturated rings. The van der Waals surface area contributed by atoms with Gasteiger partial charge in [-0.05, 0) is 35.4 Å². The van der Waals surface area contributed by atoms with Crippen molar-refractivity contribution in [2.24, 2.45) is 0 Å². The summed E-state index contributed by atoms with van der Waals surface area (Å²) in [5, 5.41) is 4.53. The minimum absolute atomic E-state index is 0.315. The molecule has 0 saturated heterocycles. The Morgan fingerprint density at radius 3 is 1.92 bits per heavy atom. The molecule has 0 unspecified atom stereocenters. The third-order valence-corrected chi connectivity index (χ3v) is 6.64. The number of carbonyl (C=O) groups excluding carboxylic acids is 2. The molecule has 0 radical (unpaired) electrons. The van der Waals surface area contributed by atoms with E-state index in [0.29, 0.717) is 23.4 Å². The summed E-state index contributed by atoms with van der Waals surface area (Å²) in [5.74, 6) is -0.752. The van der Waals surface area contributed by atoms with Crippen molar-refractivity contribution in [3.8, 4) is 0 Å². The summed E-state index contributed by atoms with van der Waals surface area (Å²) in [6, 6.07) is 20.5. The minimum Gasteiger partial charge on any atom is -0.462 e. The van der Waals surface area contributed by atoms with Crippen molar-refractivity contribution >= 4 is 28.3 Å². The van der Waals surface area contributed by atoms with Crippen molar-refractivity contribution in [1.29, 1.82) is 0 Å². The fraction of sp³-hybridized carbons (Fsp3) is 0.438. The van der Waals surface area contributed by atoms with E-state index >= 15 is 0 Å². The average Bonchev–Trinajstić information content (AvgIpc) is 2.91. The monoisotopic (exact) mass is 487 g/mol. The maximum Gasteiger partial charge on any atom is 0.339 e. The molecule has 0 saturated carbocycles. The summed E-state index contributed by atoms with van der Waals surface area (Å²) >= 11 is 0. The van der Waals surface area contributed by atoms with Gasteiger partial charge in [-0.3, -0.25) is 4.79 Å². The van der Waals surface area contributed by atoms with Crippen LogP contribution in [-0.4, -0.2) is 18.5 Å². The average molecular weight is 488 g/mol. The van der Waals surface area contributed by atoms with E-state index in [9.17, 15) is 9.59 Å². The van der Waals surface area contributed by atoms with Crippen LogP contribution in [0.3, 0.4) is 0 Å². The highest BCUT2D eigenvalue weighted by Crippen LogP contribution is 2.25. The molecule has 0 aliphatic rings. The molecule has 36 heavy (non-hydrogen) atoms. The predicted molar refractivity (Wildman–Crippen MR) is 150 cm³/mol.